The number of carbonyl (C=O) groups excluding carboxylic acids is 1. The van der Waals surface area contributed by atoms with E-state index in [1.165, 1.54) is 7.11 Å². The van der Waals surface area contributed by atoms with Crippen molar-refractivity contribution < 1.29 is 24.2 Å². The highest BCUT2D eigenvalue weighted by molar-refractivity contribution is 6.31. The van der Waals surface area contributed by atoms with Crippen LogP contribution < -0.4 is 14.8 Å². The molecule has 0 aromatic heterocycles. The van der Waals surface area contributed by atoms with Crippen LogP contribution >= 0.6 is 11.6 Å². The van der Waals surface area contributed by atoms with Crippen LogP contribution in [0.2, 0.25) is 5.02 Å². The molecule has 0 radical (unpaired) electrons. The van der Waals surface area contributed by atoms with E-state index in [1.807, 2.05) is 18.2 Å². The number of carbonyl (C=O) groups is 2. The Hall–Kier alpha value is -2.73. The summed E-state index contributed by atoms with van der Waals surface area (Å²) in [5.41, 5.74) is -0.0567. The van der Waals surface area contributed by atoms with Gasteiger partial charge in [0.25, 0.3) is 5.91 Å². The van der Waals surface area contributed by atoms with Crippen molar-refractivity contribution in [2.45, 2.75) is 44.2 Å². The third-order valence-electron chi connectivity index (χ3n) is 5.24. The molecule has 0 spiro atoms. The SMILES string of the molecule is COc1cc(C(=O)NC2(C(=O)O)CCCCC2)ccc1OCc1ccccc1Cl. The van der Waals surface area contributed by atoms with Crippen LogP contribution in [0.3, 0.4) is 0 Å². The van der Waals surface area contributed by atoms with Crippen molar-refractivity contribution in [1.29, 1.82) is 0 Å². The second-order valence-corrected chi connectivity index (χ2v) is 7.55. The normalized spacial score (nSPS) is 15.4. The molecule has 0 heterocycles. The summed E-state index contributed by atoms with van der Waals surface area (Å²) in [6.07, 6.45) is 3.42. The molecule has 6 nitrogen and oxygen atoms in total. The van der Waals surface area contributed by atoms with Crippen molar-refractivity contribution in [3.63, 3.8) is 0 Å². The average Bonchev–Trinajstić information content (AvgIpc) is 2.73. The van der Waals surface area contributed by atoms with Crippen molar-refractivity contribution in [3.8, 4) is 11.5 Å². The predicted molar refractivity (Wildman–Crippen MR) is 110 cm³/mol. The molecule has 2 N–H and O–H groups in total. The number of nitrogens with one attached hydrogen (secondary N) is 1. The van der Waals surface area contributed by atoms with Gasteiger partial charge in [0.1, 0.15) is 12.1 Å². The van der Waals surface area contributed by atoms with Gasteiger partial charge < -0.3 is 19.9 Å². The molecule has 1 saturated carbocycles. The summed E-state index contributed by atoms with van der Waals surface area (Å²) in [7, 11) is 1.49. The van der Waals surface area contributed by atoms with Gasteiger partial charge in [0.05, 0.1) is 7.11 Å². The number of methoxy groups -OCH3 is 1. The van der Waals surface area contributed by atoms with Gasteiger partial charge in [-0.15, -0.1) is 0 Å². The molecule has 1 amide bonds. The minimum absolute atomic E-state index is 0.254. The lowest BCUT2D eigenvalue weighted by molar-refractivity contribution is -0.145. The number of amides is 1. The van der Waals surface area contributed by atoms with Crippen molar-refractivity contribution >= 4 is 23.5 Å². The molecule has 1 aliphatic rings. The largest absolute Gasteiger partial charge is 0.493 e. The fourth-order valence-electron chi connectivity index (χ4n) is 3.54. The number of ether oxygens (including phenoxy) is 2. The molecule has 0 saturated heterocycles. The summed E-state index contributed by atoms with van der Waals surface area (Å²) < 4.78 is 11.2. The lowest BCUT2D eigenvalue weighted by atomic mass is 9.81. The number of benzene rings is 2. The van der Waals surface area contributed by atoms with E-state index in [0.717, 1.165) is 24.8 Å². The lowest BCUT2D eigenvalue weighted by Crippen LogP contribution is -2.55. The zero-order chi connectivity index (χ0) is 20.9. The number of aliphatic carboxylic acids is 1. The van der Waals surface area contributed by atoms with Crippen molar-refractivity contribution in [3.05, 3.63) is 58.6 Å². The topological polar surface area (TPSA) is 84.9 Å². The molecule has 0 atom stereocenters. The van der Waals surface area contributed by atoms with Gasteiger partial charge in [-0.3, -0.25) is 4.79 Å². The van der Waals surface area contributed by atoms with Gasteiger partial charge >= 0.3 is 5.97 Å². The summed E-state index contributed by atoms with van der Waals surface area (Å²) in [6, 6.07) is 12.2. The Morgan fingerprint density at radius 2 is 1.83 bits per heavy atom. The van der Waals surface area contributed by atoms with Crippen LogP contribution in [0.5, 0.6) is 11.5 Å². The maximum Gasteiger partial charge on any atom is 0.329 e. The zero-order valence-corrected chi connectivity index (χ0v) is 17.0. The predicted octanol–water partition coefficient (Wildman–Crippen LogP) is 4.44. The van der Waals surface area contributed by atoms with Crippen LogP contribution in [0.4, 0.5) is 0 Å². The Morgan fingerprint density at radius 1 is 1.10 bits per heavy atom. The molecule has 29 heavy (non-hydrogen) atoms. The first-order chi connectivity index (χ1) is 13.9. The smallest absolute Gasteiger partial charge is 0.329 e. The summed E-state index contributed by atoms with van der Waals surface area (Å²) in [6.45, 7) is 0.254. The first-order valence-corrected chi connectivity index (χ1v) is 9.93. The van der Waals surface area contributed by atoms with E-state index >= 15 is 0 Å². The molecule has 7 heteroatoms. The number of hydrogen-bond donors (Lipinski definition) is 2. The first kappa shape index (κ1) is 21.0. The van der Waals surface area contributed by atoms with Gasteiger partial charge in [0.2, 0.25) is 0 Å². The van der Waals surface area contributed by atoms with Gasteiger partial charge in [-0.2, -0.15) is 0 Å². The lowest BCUT2D eigenvalue weighted by Gasteiger charge is -2.34. The third kappa shape index (κ3) is 4.82. The Kier molecular flexibility index (Phi) is 6.64. The van der Waals surface area contributed by atoms with Gasteiger partial charge in [0.15, 0.2) is 11.5 Å². The molecule has 3 rings (SSSR count). The van der Waals surface area contributed by atoms with E-state index < -0.39 is 17.4 Å². The number of carboxylic acid groups (broad SMARTS) is 1. The standard InChI is InChI=1S/C22H24ClNO5/c1-28-19-13-15(20(25)24-22(21(26)27)11-5-2-6-12-22)9-10-18(19)29-14-16-7-3-4-8-17(16)23/h3-4,7-10,13H,2,5-6,11-12,14H2,1H3,(H,24,25)(H,26,27). The molecule has 2 aromatic carbocycles. The van der Waals surface area contributed by atoms with Gasteiger partial charge in [-0.05, 0) is 37.1 Å². The highest BCUT2D eigenvalue weighted by Crippen LogP contribution is 2.32. The van der Waals surface area contributed by atoms with Crippen LogP contribution in [0.25, 0.3) is 0 Å². The molecule has 0 bridgehead atoms. The highest BCUT2D eigenvalue weighted by atomic mass is 35.5. The summed E-state index contributed by atoms with van der Waals surface area (Å²) in [4.78, 5) is 24.5. The van der Waals surface area contributed by atoms with E-state index in [2.05, 4.69) is 5.32 Å². The van der Waals surface area contributed by atoms with Gasteiger partial charge in [-0.25, -0.2) is 4.79 Å². The molecule has 0 aliphatic heterocycles. The fraction of sp³-hybridized carbons (Fsp3) is 0.364. The molecule has 0 unspecified atom stereocenters. The molecule has 1 fully saturated rings. The Balaban J connectivity index is 1.74. The van der Waals surface area contributed by atoms with Crippen LogP contribution in [0, 0.1) is 0 Å². The Morgan fingerprint density at radius 3 is 2.48 bits per heavy atom. The van der Waals surface area contributed by atoms with E-state index in [4.69, 9.17) is 21.1 Å². The maximum absolute atomic E-state index is 12.7. The molecular weight excluding hydrogens is 394 g/mol. The molecular formula is C22H24ClNO5. The summed E-state index contributed by atoms with van der Waals surface area (Å²) >= 11 is 6.15. The van der Waals surface area contributed by atoms with Gasteiger partial charge in [-0.1, -0.05) is 49.1 Å². The van der Waals surface area contributed by atoms with Crippen LogP contribution in [-0.4, -0.2) is 29.6 Å². The second-order valence-electron chi connectivity index (χ2n) is 7.15. The average molecular weight is 418 g/mol. The Labute approximate surface area is 174 Å². The van der Waals surface area contributed by atoms with Crippen LogP contribution in [0.1, 0.15) is 48.0 Å². The van der Waals surface area contributed by atoms with Crippen LogP contribution in [0.15, 0.2) is 42.5 Å². The number of rotatable bonds is 7. The highest BCUT2D eigenvalue weighted by Gasteiger charge is 2.41. The minimum Gasteiger partial charge on any atom is -0.493 e. The molecule has 1 aliphatic carbocycles. The minimum atomic E-state index is -1.21. The van der Waals surface area contributed by atoms with E-state index in [1.54, 1.807) is 24.3 Å². The summed E-state index contributed by atoms with van der Waals surface area (Å²) in [5.74, 6) is -0.574. The second kappa shape index (κ2) is 9.18. The maximum atomic E-state index is 12.7. The number of hydrogen-bond acceptors (Lipinski definition) is 4. The summed E-state index contributed by atoms with van der Waals surface area (Å²) in [5, 5.41) is 13.0. The molecule has 2 aromatic rings. The van der Waals surface area contributed by atoms with Crippen molar-refractivity contribution in [1.82, 2.24) is 5.32 Å². The fourth-order valence-corrected chi connectivity index (χ4v) is 3.73. The zero-order valence-electron chi connectivity index (χ0n) is 16.2. The Bertz CT molecular complexity index is 893. The van der Waals surface area contributed by atoms with E-state index in [0.29, 0.717) is 34.9 Å². The van der Waals surface area contributed by atoms with E-state index in [9.17, 15) is 14.7 Å². The van der Waals surface area contributed by atoms with E-state index in [-0.39, 0.29) is 6.61 Å². The number of carboxylic acids is 1. The van der Waals surface area contributed by atoms with Crippen molar-refractivity contribution in [2.24, 2.45) is 0 Å². The van der Waals surface area contributed by atoms with Gasteiger partial charge in [0, 0.05) is 16.1 Å². The number of halogens is 1. The van der Waals surface area contributed by atoms with Crippen LogP contribution in [-0.2, 0) is 11.4 Å². The molecule has 154 valence electrons. The first-order valence-electron chi connectivity index (χ1n) is 9.55. The quantitative estimate of drug-likeness (QED) is 0.695. The third-order valence-corrected chi connectivity index (χ3v) is 5.60. The monoisotopic (exact) mass is 417 g/mol. The van der Waals surface area contributed by atoms with Crippen molar-refractivity contribution in [2.75, 3.05) is 7.11 Å².